The van der Waals surface area contributed by atoms with Crippen LogP contribution in [0.15, 0.2) is 17.1 Å². The van der Waals surface area contributed by atoms with Crippen LogP contribution in [0.2, 0.25) is 0 Å². The van der Waals surface area contributed by atoms with Gasteiger partial charge in [0.1, 0.15) is 0 Å². The number of hydrogen-bond acceptors (Lipinski definition) is 4. The van der Waals surface area contributed by atoms with Crippen molar-refractivity contribution < 1.29 is 14.3 Å². The van der Waals surface area contributed by atoms with Crippen LogP contribution in [-0.4, -0.2) is 17.3 Å². The summed E-state index contributed by atoms with van der Waals surface area (Å²) in [6, 6.07) is 3.97. The number of aryl methyl sites for hydroxylation is 1. The molecule has 2 aliphatic rings. The third kappa shape index (κ3) is 2.95. The highest BCUT2D eigenvalue weighted by Gasteiger charge is 2.19. The van der Waals surface area contributed by atoms with Crippen molar-refractivity contribution in [2.24, 2.45) is 10.9 Å². The minimum atomic E-state index is 0.00990. The van der Waals surface area contributed by atoms with Gasteiger partial charge in [-0.3, -0.25) is 4.79 Å². The van der Waals surface area contributed by atoms with Crippen LogP contribution < -0.4 is 14.3 Å². The average molecular weight is 346 g/mol. The van der Waals surface area contributed by atoms with Crippen molar-refractivity contribution in [2.75, 3.05) is 6.79 Å². The Morgan fingerprint density at radius 2 is 2.00 bits per heavy atom. The van der Waals surface area contributed by atoms with E-state index in [-0.39, 0.29) is 12.7 Å². The van der Waals surface area contributed by atoms with Gasteiger partial charge in [-0.05, 0) is 25.7 Å². The highest BCUT2D eigenvalue weighted by Crippen LogP contribution is 2.37. The Morgan fingerprint density at radius 1 is 1.25 bits per heavy atom. The molecule has 1 aromatic carbocycles. The maximum Gasteiger partial charge on any atom is 0.248 e. The van der Waals surface area contributed by atoms with E-state index in [1.54, 1.807) is 11.3 Å². The van der Waals surface area contributed by atoms with E-state index >= 15 is 0 Å². The van der Waals surface area contributed by atoms with Crippen LogP contribution in [-0.2, 0) is 11.3 Å². The van der Waals surface area contributed by atoms with Gasteiger partial charge >= 0.3 is 0 Å². The van der Waals surface area contributed by atoms with E-state index in [9.17, 15) is 4.79 Å². The van der Waals surface area contributed by atoms with E-state index < -0.39 is 0 Å². The van der Waals surface area contributed by atoms with Crippen molar-refractivity contribution in [1.29, 1.82) is 0 Å². The monoisotopic (exact) mass is 346 g/mol. The minimum absolute atomic E-state index is 0.00990. The first-order valence-electron chi connectivity index (χ1n) is 8.75. The van der Waals surface area contributed by atoms with Crippen LogP contribution in [0.3, 0.4) is 0 Å². The number of carbonyl (C=O) groups is 1. The van der Waals surface area contributed by atoms with Crippen molar-refractivity contribution in [3.05, 3.63) is 16.9 Å². The zero-order valence-corrected chi connectivity index (χ0v) is 14.7. The van der Waals surface area contributed by atoms with Crippen LogP contribution in [0, 0.1) is 5.92 Å². The lowest BCUT2D eigenvalue weighted by Gasteiger charge is -2.19. The molecule has 0 atom stereocenters. The van der Waals surface area contributed by atoms with Gasteiger partial charge < -0.3 is 14.0 Å². The maximum absolute atomic E-state index is 12.4. The van der Waals surface area contributed by atoms with E-state index in [2.05, 4.69) is 16.5 Å². The van der Waals surface area contributed by atoms with Crippen LogP contribution in [0.4, 0.5) is 0 Å². The van der Waals surface area contributed by atoms with Crippen molar-refractivity contribution >= 4 is 27.5 Å². The fraction of sp³-hybridized carbons (Fsp3) is 0.556. The molecule has 1 aliphatic carbocycles. The lowest BCUT2D eigenvalue weighted by molar-refractivity contribution is -0.119. The highest BCUT2D eigenvalue weighted by atomic mass is 32.1. The first-order chi connectivity index (χ1) is 11.7. The molecule has 1 fully saturated rings. The van der Waals surface area contributed by atoms with Gasteiger partial charge in [0.2, 0.25) is 12.7 Å². The molecule has 6 heteroatoms. The first kappa shape index (κ1) is 15.7. The Morgan fingerprint density at radius 3 is 2.75 bits per heavy atom. The number of amides is 1. The minimum Gasteiger partial charge on any atom is -0.454 e. The number of nitrogens with zero attached hydrogens (tertiary/aromatic N) is 2. The molecule has 0 bridgehead atoms. The summed E-state index contributed by atoms with van der Waals surface area (Å²) in [5.41, 5.74) is 1.05. The van der Waals surface area contributed by atoms with Gasteiger partial charge in [-0.25, -0.2) is 0 Å². The summed E-state index contributed by atoms with van der Waals surface area (Å²) in [5.74, 6) is 2.07. The molecule has 5 nitrogen and oxygen atoms in total. The summed E-state index contributed by atoms with van der Waals surface area (Å²) >= 11 is 1.54. The Kier molecular flexibility index (Phi) is 4.31. The number of hydrogen-bond donors (Lipinski definition) is 0. The molecule has 0 unspecified atom stereocenters. The average Bonchev–Trinajstić information content (AvgIpc) is 3.16. The number of fused-ring (bicyclic) bond motifs is 2. The number of aromatic nitrogens is 1. The molecule has 4 rings (SSSR count). The first-order valence-corrected chi connectivity index (χ1v) is 9.57. The van der Waals surface area contributed by atoms with Gasteiger partial charge in [0, 0.05) is 25.1 Å². The fourth-order valence-corrected chi connectivity index (χ4v) is 4.76. The van der Waals surface area contributed by atoms with Crippen LogP contribution in [0.1, 0.15) is 45.4 Å². The van der Waals surface area contributed by atoms with E-state index in [0.717, 1.165) is 33.1 Å². The Labute approximate surface area is 144 Å². The number of carbonyl (C=O) groups excluding carboxylic acids is 1. The SMILES string of the molecule is CCn1c(=NC(=O)CC2CCCCC2)sc2cc3c(cc21)OCO3. The molecule has 2 heterocycles. The second-order valence-electron chi connectivity index (χ2n) is 6.52. The summed E-state index contributed by atoms with van der Waals surface area (Å²) < 4.78 is 14.1. The quantitative estimate of drug-likeness (QED) is 0.848. The van der Waals surface area contributed by atoms with Gasteiger partial charge in [0.15, 0.2) is 16.3 Å². The fourth-order valence-electron chi connectivity index (χ4n) is 3.64. The predicted octanol–water partition coefficient (Wildman–Crippen LogP) is 3.85. The lowest BCUT2D eigenvalue weighted by Crippen LogP contribution is -2.18. The number of thiazole rings is 1. The predicted molar refractivity (Wildman–Crippen MR) is 93.4 cm³/mol. The zero-order chi connectivity index (χ0) is 16.5. The largest absolute Gasteiger partial charge is 0.454 e. The smallest absolute Gasteiger partial charge is 0.248 e. The van der Waals surface area contributed by atoms with Gasteiger partial charge in [-0.2, -0.15) is 4.99 Å². The van der Waals surface area contributed by atoms with Crippen molar-refractivity contribution in [2.45, 2.75) is 52.0 Å². The Hall–Kier alpha value is -1.82. The molecule has 1 saturated carbocycles. The molecule has 1 aromatic heterocycles. The van der Waals surface area contributed by atoms with Crippen molar-refractivity contribution in [1.82, 2.24) is 4.57 Å². The molecular weight excluding hydrogens is 324 g/mol. The number of ether oxygens (including phenoxy) is 2. The Bertz CT molecular complexity index is 831. The maximum atomic E-state index is 12.4. The van der Waals surface area contributed by atoms with E-state index in [1.807, 2.05) is 12.1 Å². The van der Waals surface area contributed by atoms with Crippen LogP contribution in [0.5, 0.6) is 11.5 Å². The molecule has 0 saturated heterocycles. The number of benzene rings is 1. The summed E-state index contributed by atoms with van der Waals surface area (Å²) in [5, 5.41) is 0. The molecular formula is C18H22N2O3S. The summed E-state index contributed by atoms with van der Waals surface area (Å²) in [4.78, 5) is 17.6. The Balaban J connectivity index is 1.66. The standard InChI is InChI=1S/C18H22N2O3S/c1-2-20-13-9-14-15(23-11-22-14)10-16(13)24-18(20)19-17(21)8-12-6-4-3-5-7-12/h9-10,12H,2-8,11H2,1H3. The molecule has 0 spiro atoms. The third-order valence-corrected chi connectivity index (χ3v) is 5.94. The summed E-state index contributed by atoms with van der Waals surface area (Å²) in [6.07, 6.45) is 6.73. The van der Waals surface area contributed by atoms with Crippen LogP contribution in [0.25, 0.3) is 10.2 Å². The van der Waals surface area contributed by atoms with Gasteiger partial charge in [0.05, 0.1) is 10.2 Å². The normalized spacial score (nSPS) is 18.5. The molecule has 0 N–H and O–H groups in total. The molecule has 1 amide bonds. The molecule has 0 radical (unpaired) electrons. The van der Waals surface area contributed by atoms with Crippen LogP contribution >= 0.6 is 11.3 Å². The molecule has 24 heavy (non-hydrogen) atoms. The van der Waals surface area contributed by atoms with Gasteiger partial charge in [-0.15, -0.1) is 0 Å². The van der Waals surface area contributed by atoms with Gasteiger partial charge in [-0.1, -0.05) is 30.6 Å². The molecule has 1 aliphatic heterocycles. The second-order valence-corrected chi connectivity index (χ2v) is 7.52. The summed E-state index contributed by atoms with van der Waals surface area (Å²) in [7, 11) is 0. The van der Waals surface area contributed by atoms with E-state index in [4.69, 9.17) is 9.47 Å². The van der Waals surface area contributed by atoms with Gasteiger partial charge in [0.25, 0.3) is 0 Å². The number of rotatable bonds is 3. The second kappa shape index (κ2) is 6.59. The molecule has 2 aromatic rings. The topological polar surface area (TPSA) is 52.8 Å². The van der Waals surface area contributed by atoms with E-state index in [1.165, 1.54) is 32.1 Å². The molecule has 128 valence electrons. The zero-order valence-electron chi connectivity index (χ0n) is 13.9. The van der Waals surface area contributed by atoms with Crippen molar-refractivity contribution in [3.8, 4) is 11.5 Å². The highest BCUT2D eigenvalue weighted by molar-refractivity contribution is 7.16. The van der Waals surface area contributed by atoms with Crippen molar-refractivity contribution in [3.63, 3.8) is 0 Å². The third-order valence-electron chi connectivity index (χ3n) is 4.90. The van der Waals surface area contributed by atoms with E-state index in [0.29, 0.717) is 12.3 Å². The lowest BCUT2D eigenvalue weighted by atomic mass is 9.87. The summed E-state index contributed by atoms with van der Waals surface area (Å²) in [6.45, 7) is 3.12.